The highest BCUT2D eigenvalue weighted by Gasteiger charge is 2.51. The number of aliphatic hydroxyl groups excluding tert-OH is 1. The fraction of sp³-hybridized carbons (Fsp3) is 0.500. The molecule has 1 heterocycles. The second-order valence-corrected chi connectivity index (χ2v) is 4.95. The van der Waals surface area contributed by atoms with Crippen molar-refractivity contribution in [1.29, 1.82) is 0 Å². The third-order valence-corrected chi connectivity index (χ3v) is 2.95. The molecule has 3 nitrogen and oxygen atoms in total. The van der Waals surface area contributed by atoms with Gasteiger partial charge in [-0.2, -0.15) is 13.2 Å². The molecule has 3 N–H and O–H groups in total. The predicted octanol–water partition coefficient (Wildman–Crippen LogP) is 2.42. The van der Waals surface area contributed by atoms with E-state index < -0.39 is 35.5 Å². The summed E-state index contributed by atoms with van der Waals surface area (Å²) >= 11 is 2.87. The first-order valence-corrected chi connectivity index (χ1v) is 5.77. The normalized spacial score (nSPS) is 18.8. The van der Waals surface area contributed by atoms with E-state index in [0.717, 1.165) is 13.0 Å². The monoisotopic (exact) mass is 348 g/mol. The summed E-state index contributed by atoms with van der Waals surface area (Å²) in [5.41, 5.74) is 2.24. The Kier molecular flexibility index (Phi) is 4.53. The predicted molar refractivity (Wildman–Crippen MR) is 60.4 cm³/mol. The topological polar surface area (TPSA) is 59.1 Å². The molecule has 3 atom stereocenters. The summed E-state index contributed by atoms with van der Waals surface area (Å²) in [6.07, 6.45) is -11.5. The van der Waals surface area contributed by atoms with Crippen LogP contribution in [0.2, 0.25) is 0 Å². The SMILES string of the molecule is C[C@@](N)(c1nc(Br)ccc1F)[C@@H](F)[C@H](O)C(F)(F)F. The smallest absolute Gasteiger partial charge is 0.381 e. The van der Waals surface area contributed by atoms with E-state index in [-0.39, 0.29) is 4.60 Å². The fourth-order valence-corrected chi connectivity index (χ4v) is 1.73. The number of aromatic nitrogens is 1. The molecule has 0 saturated carbocycles. The van der Waals surface area contributed by atoms with Crippen LogP contribution in [0, 0.1) is 5.82 Å². The van der Waals surface area contributed by atoms with E-state index in [9.17, 15) is 22.0 Å². The highest BCUT2D eigenvalue weighted by atomic mass is 79.9. The molecule has 0 aromatic carbocycles. The van der Waals surface area contributed by atoms with Gasteiger partial charge in [0.15, 0.2) is 12.3 Å². The number of rotatable bonds is 3. The van der Waals surface area contributed by atoms with Crippen LogP contribution in [0.3, 0.4) is 0 Å². The summed E-state index contributed by atoms with van der Waals surface area (Å²) < 4.78 is 64.1. The standard InChI is InChI=1S/C10H10BrF5N2O/c1-9(17,6(13)8(19)10(14,15)16)7-4(12)2-3-5(11)18-7/h2-3,6,8,19H,17H2,1H3/t6-,8-,9-/m0/s1. The van der Waals surface area contributed by atoms with Gasteiger partial charge in [-0.15, -0.1) is 0 Å². The lowest BCUT2D eigenvalue weighted by molar-refractivity contribution is -0.228. The molecule has 0 unspecified atom stereocenters. The second kappa shape index (κ2) is 5.29. The van der Waals surface area contributed by atoms with Crippen molar-refractivity contribution in [3.8, 4) is 0 Å². The van der Waals surface area contributed by atoms with Gasteiger partial charge >= 0.3 is 6.18 Å². The number of nitrogens with zero attached hydrogens (tertiary/aromatic N) is 1. The Hall–Kier alpha value is -0.800. The van der Waals surface area contributed by atoms with Gasteiger partial charge in [-0.1, -0.05) is 0 Å². The molecule has 0 amide bonds. The van der Waals surface area contributed by atoms with E-state index >= 15 is 0 Å². The Morgan fingerprint density at radius 3 is 2.37 bits per heavy atom. The molecule has 0 bridgehead atoms. The maximum Gasteiger partial charge on any atom is 0.417 e. The Balaban J connectivity index is 3.19. The van der Waals surface area contributed by atoms with Gasteiger partial charge in [0.1, 0.15) is 10.4 Å². The van der Waals surface area contributed by atoms with Crippen molar-refractivity contribution in [3.05, 3.63) is 28.2 Å². The van der Waals surface area contributed by atoms with E-state index in [0.29, 0.717) is 0 Å². The highest BCUT2D eigenvalue weighted by Crippen LogP contribution is 2.34. The van der Waals surface area contributed by atoms with Crippen molar-refractivity contribution in [1.82, 2.24) is 4.98 Å². The zero-order chi connectivity index (χ0) is 15.0. The number of pyridine rings is 1. The Morgan fingerprint density at radius 2 is 1.89 bits per heavy atom. The van der Waals surface area contributed by atoms with Crippen LogP contribution in [0.1, 0.15) is 12.6 Å². The van der Waals surface area contributed by atoms with Gasteiger partial charge in [0.25, 0.3) is 0 Å². The third-order valence-electron chi connectivity index (χ3n) is 2.51. The van der Waals surface area contributed by atoms with Crippen LogP contribution in [0.25, 0.3) is 0 Å². The minimum absolute atomic E-state index is 0.0780. The van der Waals surface area contributed by atoms with Crippen LogP contribution < -0.4 is 5.73 Å². The zero-order valence-corrected chi connectivity index (χ0v) is 11.1. The lowest BCUT2D eigenvalue weighted by Crippen LogP contribution is -2.54. The van der Waals surface area contributed by atoms with Crippen LogP contribution >= 0.6 is 15.9 Å². The molecule has 0 radical (unpaired) electrons. The molecule has 0 aliphatic rings. The minimum atomic E-state index is -5.21. The number of nitrogens with two attached hydrogens (primary N) is 1. The Labute approximate surface area is 113 Å². The second-order valence-electron chi connectivity index (χ2n) is 4.14. The van der Waals surface area contributed by atoms with Crippen LogP contribution in [0.5, 0.6) is 0 Å². The first-order valence-electron chi connectivity index (χ1n) is 4.98. The molecule has 9 heteroatoms. The van der Waals surface area contributed by atoms with Crippen LogP contribution in [0.15, 0.2) is 16.7 Å². The summed E-state index contributed by atoms with van der Waals surface area (Å²) in [5.74, 6) is -1.06. The molecule has 0 fully saturated rings. The van der Waals surface area contributed by atoms with Gasteiger partial charge in [0, 0.05) is 0 Å². The average molecular weight is 349 g/mol. The van der Waals surface area contributed by atoms with Gasteiger partial charge in [-0.05, 0) is 35.0 Å². The van der Waals surface area contributed by atoms with Gasteiger partial charge in [-0.25, -0.2) is 13.8 Å². The molecule has 1 aromatic heterocycles. The molecule has 0 spiro atoms. The van der Waals surface area contributed by atoms with E-state index in [2.05, 4.69) is 20.9 Å². The molecule has 0 saturated heterocycles. The molecule has 1 rings (SSSR count). The van der Waals surface area contributed by atoms with Crippen LogP contribution in [-0.4, -0.2) is 28.5 Å². The van der Waals surface area contributed by atoms with Crippen LogP contribution in [-0.2, 0) is 5.54 Å². The van der Waals surface area contributed by atoms with Gasteiger partial charge in [0.05, 0.1) is 11.2 Å². The largest absolute Gasteiger partial charge is 0.417 e. The quantitative estimate of drug-likeness (QED) is 0.651. The maximum absolute atomic E-state index is 13.8. The average Bonchev–Trinajstić information content (AvgIpc) is 2.28. The van der Waals surface area contributed by atoms with Crippen molar-refractivity contribution in [3.63, 3.8) is 0 Å². The first kappa shape index (κ1) is 16.3. The maximum atomic E-state index is 13.8. The summed E-state index contributed by atoms with van der Waals surface area (Å²) in [6.45, 7) is 0.824. The molecular weight excluding hydrogens is 339 g/mol. The number of aliphatic hydroxyl groups is 1. The van der Waals surface area contributed by atoms with E-state index in [1.54, 1.807) is 0 Å². The number of alkyl halides is 4. The lowest BCUT2D eigenvalue weighted by Gasteiger charge is -2.32. The van der Waals surface area contributed by atoms with E-state index in [4.69, 9.17) is 10.8 Å². The van der Waals surface area contributed by atoms with Crippen molar-refractivity contribution in [2.24, 2.45) is 5.73 Å². The van der Waals surface area contributed by atoms with Crippen molar-refractivity contribution in [2.75, 3.05) is 0 Å². The van der Waals surface area contributed by atoms with Gasteiger partial charge in [0.2, 0.25) is 0 Å². The van der Waals surface area contributed by atoms with Gasteiger partial charge < -0.3 is 10.8 Å². The van der Waals surface area contributed by atoms with Crippen molar-refractivity contribution in [2.45, 2.75) is 30.9 Å². The third kappa shape index (κ3) is 3.40. The molecule has 19 heavy (non-hydrogen) atoms. The van der Waals surface area contributed by atoms with Crippen molar-refractivity contribution >= 4 is 15.9 Å². The van der Waals surface area contributed by atoms with E-state index in [1.807, 2.05) is 0 Å². The summed E-state index contributed by atoms with van der Waals surface area (Å²) in [4.78, 5) is 3.53. The molecular formula is C10H10BrF5N2O. The minimum Gasteiger partial charge on any atom is -0.381 e. The number of halogens is 6. The summed E-state index contributed by atoms with van der Waals surface area (Å²) in [5, 5.41) is 8.87. The fourth-order valence-electron chi connectivity index (χ4n) is 1.42. The molecule has 0 aliphatic carbocycles. The summed E-state index contributed by atoms with van der Waals surface area (Å²) in [7, 11) is 0. The zero-order valence-electron chi connectivity index (χ0n) is 9.55. The summed E-state index contributed by atoms with van der Waals surface area (Å²) in [6, 6.07) is 2.06. The van der Waals surface area contributed by atoms with E-state index in [1.165, 1.54) is 6.07 Å². The lowest BCUT2D eigenvalue weighted by atomic mass is 9.88. The van der Waals surface area contributed by atoms with Crippen LogP contribution in [0.4, 0.5) is 22.0 Å². The number of hydrogen-bond donors (Lipinski definition) is 2. The van der Waals surface area contributed by atoms with Gasteiger partial charge in [-0.3, -0.25) is 0 Å². The van der Waals surface area contributed by atoms with Crippen molar-refractivity contribution < 1.29 is 27.1 Å². The Bertz CT molecular complexity index is 466. The first-order chi connectivity index (χ1) is 8.48. The Morgan fingerprint density at radius 1 is 1.37 bits per heavy atom. The molecule has 108 valence electrons. The molecule has 1 aromatic rings. The number of hydrogen-bond acceptors (Lipinski definition) is 3. The highest BCUT2D eigenvalue weighted by molar-refractivity contribution is 9.10. The molecule has 0 aliphatic heterocycles.